The largest absolute Gasteiger partial charge is 0.350 e. The number of anilines is 1. The maximum absolute atomic E-state index is 13.4. The standard InChI is InChI=1S/C24H25ClN2O3S/c1-17-4-7-20(8-5-17)15-26-24(28)16-27(22-11-6-18(2)19(3)14-22)31(29,30)23-12-9-21(25)10-13-23/h4-14H,15-16H2,1-3H3,(H,26,28). The first kappa shape index (κ1) is 22.8. The van der Waals surface area contributed by atoms with Gasteiger partial charge in [0.2, 0.25) is 5.91 Å². The van der Waals surface area contributed by atoms with E-state index >= 15 is 0 Å². The number of nitrogens with one attached hydrogen (secondary N) is 1. The number of nitrogens with zero attached hydrogens (tertiary/aromatic N) is 1. The third kappa shape index (κ3) is 5.66. The molecule has 0 aliphatic heterocycles. The van der Waals surface area contributed by atoms with Gasteiger partial charge >= 0.3 is 0 Å². The Bertz CT molecular complexity index is 1170. The van der Waals surface area contributed by atoms with Gasteiger partial charge in [0.05, 0.1) is 10.6 Å². The molecule has 0 aliphatic rings. The van der Waals surface area contributed by atoms with Crippen LogP contribution in [0.5, 0.6) is 0 Å². The topological polar surface area (TPSA) is 66.5 Å². The highest BCUT2D eigenvalue weighted by Crippen LogP contribution is 2.26. The Kier molecular flexibility index (Phi) is 7.03. The number of sulfonamides is 1. The van der Waals surface area contributed by atoms with Gasteiger partial charge in [0.25, 0.3) is 10.0 Å². The first-order valence-electron chi connectivity index (χ1n) is 9.84. The van der Waals surface area contributed by atoms with Crippen molar-refractivity contribution in [3.63, 3.8) is 0 Å². The van der Waals surface area contributed by atoms with E-state index in [9.17, 15) is 13.2 Å². The molecule has 0 atom stereocenters. The van der Waals surface area contributed by atoms with Crippen LogP contribution in [0.15, 0.2) is 71.6 Å². The monoisotopic (exact) mass is 456 g/mol. The van der Waals surface area contributed by atoms with Gasteiger partial charge in [-0.25, -0.2) is 8.42 Å². The van der Waals surface area contributed by atoms with E-state index in [0.717, 1.165) is 26.6 Å². The highest BCUT2D eigenvalue weighted by atomic mass is 35.5. The van der Waals surface area contributed by atoms with Crippen molar-refractivity contribution in [2.75, 3.05) is 10.8 Å². The van der Waals surface area contributed by atoms with Crippen LogP contribution >= 0.6 is 11.6 Å². The van der Waals surface area contributed by atoms with Crippen LogP contribution in [-0.2, 0) is 21.4 Å². The van der Waals surface area contributed by atoms with Gasteiger partial charge in [-0.05, 0) is 73.9 Å². The lowest BCUT2D eigenvalue weighted by Gasteiger charge is -2.25. The molecule has 5 nitrogen and oxygen atoms in total. The molecule has 0 saturated carbocycles. The molecule has 7 heteroatoms. The fraction of sp³-hybridized carbons (Fsp3) is 0.208. The van der Waals surface area contributed by atoms with Crippen molar-refractivity contribution < 1.29 is 13.2 Å². The van der Waals surface area contributed by atoms with Gasteiger partial charge in [0.15, 0.2) is 0 Å². The maximum atomic E-state index is 13.4. The van der Waals surface area contributed by atoms with Gasteiger partial charge in [0, 0.05) is 11.6 Å². The van der Waals surface area contributed by atoms with Crippen LogP contribution in [-0.4, -0.2) is 20.9 Å². The van der Waals surface area contributed by atoms with Gasteiger partial charge in [-0.1, -0.05) is 47.5 Å². The first-order valence-corrected chi connectivity index (χ1v) is 11.7. The molecule has 0 fully saturated rings. The van der Waals surface area contributed by atoms with Crippen molar-refractivity contribution in [1.82, 2.24) is 5.32 Å². The lowest BCUT2D eigenvalue weighted by Crippen LogP contribution is -2.40. The summed E-state index contributed by atoms with van der Waals surface area (Å²) in [6, 6.07) is 19.0. The highest BCUT2D eigenvalue weighted by Gasteiger charge is 2.27. The average molecular weight is 457 g/mol. The smallest absolute Gasteiger partial charge is 0.264 e. The number of hydrogen-bond acceptors (Lipinski definition) is 3. The molecule has 0 heterocycles. The molecule has 0 unspecified atom stereocenters. The molecule has 0 bridgehead atoms. The van der Waals surface area contributed by atoms with Crippen molar-refractivity contribution in [1.29, 1.82) is 0 Å². The minimum absolute atomic E-state index is 0.0708. The second kappa shape index (κ2) is 9.54. The lowest BCUT2D eigenvalue weighted by molar-refractivity contribution is -0.119. The Morgan fingerprint density at radius 1 is 0.903 bits per heavy atom. The third-order valence-electron chi connectivity index (χ3n) is 5.08. The normalized spacial score (nSPS) is 11.2. The van der Waals surface area contributed by atoms with E-state index in [1.807, 2.05) is 51.1 Å². The Labute approximate surface area is 188 Å². The second-order valence-electron chi connectivity index (χ2n) is 7.50. The SMILES string of the molecule is Cc1ccc(CNC(=O)CN(c2ccc(C)c(C)c2)S(=O)(=O)c2ccc(Cl)cc2)cc1. The van der Waals surface area contributed by atoms with Crippen LogP contribution in [0.3, 0.4) is 0 Å². The second-order valence-corrected chi connectivity index (χ2v) is 9.80. The van der Waals surface area contributed by atoms with Gasteiger partial charge < -0.3 is 5.32 Å². The number of halogens is 1. The fourth-order valence-corrected chi connectivity index (χ4v) is 4.56. The van der Waals surface area contributed by atoms with Gasteiger partial charge in [-0.15, -0.1) is 0 Å². The molecule has 162 valence electrons. The minimum atomic E-state index is -3.97. The Morgan fingerprint density at radius 3 is 2.16 bits per heavy atom. The summed E-state index contributed by atoms with van der Waals surface area (Å²) in [6.07, 6.45) is 0. The Hall–Kier alpha value is -2.83. The minimum Gasteiger partial charge on any atom is -0.350 e. The van der Waals surface area contributed by atoms with E-state index in [1.54, 1.807) is 12.1 Å². The van der Waals surface area contributed by atoms with Crippen molar-refractivity contribution in [3.05, 3.63) is 94.0 Å². The highest BCUT2D eigenvalue weighted by molar-refractivity contribution is 7.92. The number of benzene rings is 3. The quantitative estimate of drug-likeness (QED) is 0.556. The van der Waals surface area contributed by atoms with E-state index in [1.165, 1.54) is 24.3 Å². The summed E-state index contributed by atoms with van der Waals surface area (Å²) in [6.45, 7) is 5.83. The summed E-state index contributed by atoms with van der Waals surface area (Å²) < 4.78 is 27.9. The summed E-state index contributed by atoms with van der Waals surface area (Å²) in [7, 11) is -3.97. The van der Waals surface area contributed by atoms with Crippen LogP contribution in [0.1, 0.15) is 22.3 Å². The van der Waals surface area contributed by atoms with Gasteiger partial charge in [0.1, 0.15) is 6.54 Å². The molecular formula is C24H25ClN2O3S. The van der Waals surface area contributed by atoms with Crippen molar-refractivity contribution in [2.45, 2.75) is 32.2 Å². The molecule has 1 N–H and O–H groups in total. The molecule has 1 amide bonds. The number of amides is 1. The van der Waals surface area contributed by atoms with Crippen LogP contribution in [0.4, 0.5) is 5.69 Å². The molecule has 0 saturated heterocycles. The van der Waals surface area contributed by atoms with E-state index in [0.29, 0.717) is 17.3 Å². The van der Waals surface area contributed by atoms with Crippen molar-refractivity contribution >= 4 is 33.2 Å². The number of carbonyl (C=O) groups excluding carboxylic acids is 1. The molecule has 3 aromatic carbocycles. The Balaban J connectivity index is 1.88. The van der Waals surface area contributed by atoms with E-state index < -0.39 is 15.9 Å². The van der Waals surface area contributed by atoms with Gasteiger partial charge in [-0.3, -0.25) is 9.10 Å². The van der Waals surface area contributed by atoms with Crippen LogP contribution in [0, 0.1) is 20.8 Å². The molecule has 0 aliphatic carbocycles. The predicted molar refractivity (Wildman–Crippen MR) is 125 cm³/mol. The maximum Gasteiger partial charge on any atom is 0.264 e. The van der Waals surface area contributed by atoms with Crippen molar-refractivity contribution in [2.24, 2.45) is 0 Å². The zero-order chi connectivity index (χ0) is 22.6. The van der Waals surface area contributed by atoms with E-state index in [-0.39, 0.29) is 11.4 Å². The number of aryl methyl sites for hydroxylation is 3. The summed E-state index contributed by atoms with van der Waals surface area (Å²) in [5.41, 5.74) is 4.48. The molecule has 0 aromatic heterocycles. The molecular weight excluding hydrogens is 432 g/mol. The number of carbonyl (C=O) groups is 1. The van der Waals surface area contributed by atoms with Crippen LogP contribution < -0.4 is 9.62 Å². The fourth-order valence-electron chi connectivity index (χ4n) is 3.02. The van der Waals surface area contributed by atoms with Crippen LogP contribution in [0.2, 0.25) is 5.02 Å². The Morgan fingerprint density at radius 2 is 1.55 bits per heavy atom. The van der Waals surface area contributed by atoms with Crippen LogP contribution in [0.25, 0.3) is 0 Å². The average Bonchev–Trinajstić information content (AvgIpc) is 2.74. The zero-order valence-electron chi connectivity index (χ0n) is 17.7. The molecule has 0 radical (unpaired) electrons. The summed E-state index contributed by atoms with van der Waals surface area (Å²) in [5, 5.41) is 3.25. The number of hydrogen-bond donors (Lipinski definition) is 1. The van der Waals surface area contributed by atoms with Gasteiger partial charge in [-0.2, -0.15) is 0 Å². The molecule has 31 heavy (non-hydrogen) atoms. The van der Waals surface area contributed by atoms with E-state index in [2.05, 4.69) is 5.32 Å². The third-order valence-corrected chi connectivity index (χ3v) is 7.12. The summed E-state index contributed by atoms with van der Waals surface area (Å²) in [4.78, 5) is 12.8. The summed E-state index contributed by atoms with van der Waals surface area (Å²) in [5.74, 6) is -0.392. The first-order chi connectivity index (χ1) is 14.7. The molecule has 0 spiro atoms. The lowest BCUT2D eigenvalue weighted by atomic mass is 10.1. The van der Waals surface area contributed by atoms with Crippen molar-refractivity contribution in [3.8, 4) is 0 Å². The predicted octanol–water partition coefficient (Wildman–Crippen LogP) is 4.78. The van der Waals surface area contributed by atoms with E-state index in [4.69, 9.17) is 11.6 Å². The number of rotatable bonds is 7. The zero-order valence-corrected chi connectivity index (χ0v) is 19.3. The molecule has 3 rings (SSSR count). The molecule has 3 aromatic rings. The summed E-state index contributed by atoms with van der Waals surface area (Å²) >= 11 is 5.92.